The number of carbonyl (C=O) groups is 1. The molecule has 4 nitrogen and oxygen atoms in total. The number of amides is 1. The molecule has 3 rings (SSSR count). The van der Waals surface area contributed by atoms with Gasteiger partial charge in [-0.1, -0.05) is 58.4 Å². The van der Waals surface area contributed by atoms with Gasteiger partial charge in [-0.25, -0.2) is 0 Å². The monoisotopic (exact) mass is 381 g/mol. The number of rotatable bonds is 3. The number of anilines is 1. The van der Waals surface area contributed by atoms with Crippen molar-refractivity contribution >= 4 is 45.5 Å². The highest BCUT2D eigenvalue weighted by molar-refractivity contribution is 9.10. The zero-order valence-electron chi connectivity index (χ0n) is 12.9. The van der Waals surface area contributed by atoms with E-state index < -0.39 is 0 Å². The topological polar surface area (TPSA) is 70.2 Å². The number of para-hydroxylation sites is 1. The van der Waals surface area contributed by atoms with Crippen molar-refractivity contribution in [3.05, 3.63) is 75.8 Å². The number of hydrogen-bond acceptors (Lipinski definition) is 2. The maximum Gasteiger partial charge on any atom is 0.262 e. The van der Waals surface area contributed by atoms with Gasteiger partial charge in [0.25, 0.3) is 5.91 Å². The summed E-state index contributed by atoms with van der Waals surface area (Å²) >= 11 is 3.38. The van der Waals surface area contributed by atoms with Gasteiger partial charge in [-0.2, -0.15) is 0 Å². The van der Waals surface area contributed by atoms with Gasteiger partial charge in [0.1, 0.15) is 5.84 Å². The summed E-state index contributed by atoms with van der Waals surface area (Å²) < 4.78 is 0.949. The van der Waals surface area contributed by atoms with Gasteiger partial charge in [0.2, 0.25) is 0 Å². The highest BCUT2D eigenvalue weighted by Crippen LogP contribution is 2.27. The first-order chi connectivity index (χ1) is 11.6. The van der Waals surface area contributed by atoms with Crippen LogP contribution in [0.15, 0.2) is 64.7 Å². The molecule has 0 saturated heterocycles. The summed E-state index contributed by atoms with van der Waals surface area (Å²) in [4.78, 5) is 14.6. The average molecular weight is 382 g/mol. The molecule has 0 atom stereocenters. The molecule has 0 saturated carbocycles. The molecule has 1 amide bonds. The van der Waals surface area contributed by atoms with Crippen LogP contribution in [-0.4, -0.2) is 18.3 Å². The minimum absolute atomic E-state index is 0.183. The second kappa shape index (κ2) is 6.84. The van der Waals surface area contributed by atoms with Gasteiger partial charge in [-0.3, -0.25) is 10.2 Å². The zero-order chi connectivity index (χ0) is 17.1. The first-order valence-electron chi connectivity index (χ1n) is 7.45. The van der Waals surface area contributed by atoms with Gasteiger partial charge in [0.05, 0.1) is 11.3 Å². The van der Waals surface area contributed by atoms with Crippen LogP contribution in [0.3, 0.4) is 0 Å². The van der Waals surface area contributed by atoms with Crippen LogP contribution >= 0.6 is 15.9 Å². The van der Waals surface area contributed by atoms with Gasteiger partial charge in [-0.15, -0.1) is 0 Å². The molecule has 3 N–H and O–H groups in total. The normalized spacial score (nSPS) is 13.5. The molecule has 0 aliphatic carbocycles. The summed E-state index contributed by atoms with van der Waals surface area (Å²) in [6.07, 6.45) is 5.57. The number of nitrogens with one attached hydrogen (secondary N) is 1. The predicted octanol–water partition coefficient (Wildman–Crippen LogP) is 3.83. The molecule has 120 valence electrons. The molecular weight excluding hydrogens is 366 g/mol. The van der Waals surface area contributed by atoms with Crippen molar-refractivity contribution in [3.8, 4) is 0 Å². The van der Waals surface area contributed by atoms with Gasteiger partial charge < -0.3 is 10.6 Å². The molecule has 1 aliphatic rings. The SMILES string of the molecule is N=C(N)C(=Cc1ccc(Br)cc1)C(=O)N1CC=Cc2ccccc21. The molecule has 0 fully saturated rings. The Labute approximate surface area is 148 Å². The Hall–Kier alpha value is -2.66. The van der Waals surface area contributed by atoms with Crippen molar-refractivity contribution in [1.82, 2.24) is 0 Å². The van der Waals surface area contributed by atoms with Crippen LogP contribution in [0.4, 0.5) is 5.69 Å². The van der Waals surface area contributed by atoms with E-state index in [0.29, 0.717) is 6.54 Å². The molecule has 2 aromatic rings. The van der Waals surface area contributed by atoms with Crippen molar-refractivity contribution in [2.24, 2.45) is 5.73 Å². The number of carbonyl (C=O) groups excluding carboxylic acids is 1. The second-order valence-electron chi connectivity index (χ2n) is 5.40. The smallest absolute Gasteiger partial charge is 0.262 e. The maximum atomic E-state index is 13.0. The summed E-state index contributed by atoms with van der Waals surface area (Å²) in [5.74, 6) is -0.517. The van der Waals surface area contributed by atoms with E-state index in [0.717, 1.165) is 21.3 Å². The van der Waals surface area contributed by atoms with Crippen LogP contribution in [-0.2, 0) is 4.79 Å². The Morgan fingerprint density at radius 3 is 2.58 bits per heavy atom. The van der Waals surface area contributed by atoms with Gasteiger partial charge >= 0.3 is 0 Å². The Balaban J connectivity index is 1.98. The lowest BCUT2D eigenvalue weighted by atomic mass is 10.0. The minimum Gasteiger partial charge on any atom is -0.384 e. The van der Waals surface area contributed by atoms with Gasteiger partial charge in [-0.05, 0) is 35.4 Å². The number of fused-ring (bicyclic) bond motifs is 1. The second-order valence-corrected chi connectivity index (χ2v) is 6.32. The Morgan fingerprint density at radius 2 is 1.88 bits per heavy atom. The van der Waals surface area contributed by atoms with E-state index in [1.165, 1.54) is 0 Å². The summed E-state index contributed by atoms with van der Waals surface area (Å²) in [5, 5.41) is 7.81. The standard InChI is InChI=1S/C19H16BrN3O/c20-15-9-7-13(8-10-15)12-16(18(21)22)19(24)23-11-3-5-14-4-1-2-6-17(14)23/h1-10,12H,11H2,(H3,21,22). The third-order valence-corrected chi connectivity index (χ3v) is 4.29. The lowest BCUT2D eigenvalue weighted by Crippen LogP contribution is -2.37. The number of nitrogens with zero attached hydrogens (tertiary/aromatic N) is 1. The van der Waals surface area contributed by atoms with Crippen molar-refractivity contribution in [2.75, 3.05) is 11.4 Å². The molecule has 0 radical (unpaired) electrons. The number of benzene rings is 2. The largest absolute Gasteiger partial charge is 0.384 e. The lowest BCUT2D eigenvalue weighted by molar-refractivity contribution is -0.114. The van der Waals surface area contributed by atoms with E-state index in [1.54, 1.807) is 11.0 Å². The number of nitrogens with two attached hydrogens (primary N) is 1. The molecule has 2 aromatic carbocycles. The predicted molar refractivity (Wildman–Crippen MR) is 102 cm³/mol. The summed E-state index contributed by atoms with van der Waals surface area (Å²) in [6.45, 7) is 0.459. The molecule has 0 bridgehead atoms. The van der Waals surface area contributed by atoms with Crippen LogP contribution in [0.2, 0.25) is 0 Å². The van der Waals surface area contributed by atoms with E-state index in [-0.39, 0.29) is 17.3 Å². The van der Waals surface area contributed by atoms with E-state index in [2.05, 4.69) is 15.9 Å². The highest BCUT2D eigenvalue weighted by Gasteiger charge is 2.24. The van der Waals surface area contributed by atoms with E-state index in [4.69, 9.17) is 11.1 Å². The zero-order valence-corrected chi connectivity index (χ0v) is 14.5. The first-order valence-corrected chi connectivity index (χ1v) is 8.24. The van der Waals surface area contributed by atoms with Gasteiger partial charge in [0, 0.05) is 11.0 Å². The van der Waals surface area contributed by atoms with E-state index in [1.807, 2.05) is 60.7 Å². The third kappa shape index (κ3) is 3.31. The molecule has 0 aromatic heterocycles. The van der Waals surface area contributed by atoms with Crippen molar-refractivity contribution in [3.63, 3.8) is 0 Å². The van der Waals surface area contributed by atoms with Crippen molar-refractivity contribution < 1.29 is 4.79 Å². The minimum atomic E-state index is -0.276. The molecule has 24 heavy (non-hydrogen) atoms. The fourth-order valence-corrected chi connectivity index (χ4v) is 2.84. The number of amidine groups is 1. The fourth-order valence-electron chi connectivity index (χ4n) is 2.58. The van der Waals surface area contributed by atoms with E-state index in [9.17, 15) is 4.79 Å². The van der Waals surface area contributed by atoms with Crippen molar-refractivity contribution in [1.29, 1.82) is 5.41 Å². The van der Waals surface area contributed by atoms with Crippen LogP contribution in [0.1, 0.15) is 11.1 Å². The first kappa shape index (κ1) is 16.2. The van der Waals surface area contributed by atoms with Crippen LogP contribution < -0.4 is 10.6 Å². The van der Waals surface area contributed by atoms with Crippen LogP contribution in [0, 0.1) is 5.41 Å². The van der Waals surface area contributed by atoms with Crippen LogP contribution in [0.25, 0.3) is 12.2 Å². The molecule has 0 unspecified atom stereocenters. The Bertz CT molecular complexity index is 853. The quantitative estimate of drug-likeness (QED) is 0.481. The average Bonchev–Trinajstić information content (AvgIpc) is 2.60. The summed E-state index contributed by atoms with van der Waals surface area (Å²) in [6, 6.07) is 15.2. The van der Waals surface area contributed by atoms with Crippen molar-refractivity contribution in [2.45, 2.75) is 0 Å². The maximum absolute atomic E-state index is 13.0. The molecule has 1 aliphatic heterocycles. The fraction of sp³-hybridized carbons (Fsp3) is 0.0526. The molecule has 1 heterocycles. The summed E-state index contributed by atoms with van der Waals surface area (Å²) in [7, 11) is 0. The van der Waals surface area contributed by atoms with E-state index >= 15 is 0 Å². The van der Waals surface area contributed by atoms with Gasteiger partial charge in [0.15, 0.2) is 0 Å². The number of hydrogen-bond donors (Lipinski definition) is 2. The Kier molecular flexibility index (Phi) is 4.62. The highest BCUT2D eigenvalue weighted by atomic mass is 79.9. The third-order valence-electron chi connectivity index (χ3n) is 3.76. The Morgan fingerprint density at radius 1 is 1.17 bits per heavy atom. The summed E-state index contributed by atoms with van der Waals surface area (Å²) in [5.41, 5.74) is 8.48. The lowest BCUT2D eigenvalue weighted by Gasteiger charge is -2.27. The molecular formula is C19H16BrN3O. The molecule has 5 heteroatoms. The number of halogens is 1. The molecule has 0 spiro atoms. The van der Waals surface area contributed by atoms with Crippen LogP contribution in [0.5, 0.6) is 0 Å².